The van der Waals surface area contributed by atoms with Gasteiger partial charge in [0.1, 0.15) is 5.82 Å². The second-order valence-corrected chi connectivity index (χ2v) is 4.23. The first-order chi connectivity index (χ1) is 7.61. The molecule has 0 amide bonds. The van der Waals surface area contributed by atoms with Gasteiger partial charge in [0.15, 0.2) is 0 Å². The molecule has 4 nitrogen and oxygen atoms in total. The summed E-state index contributed by atoms with van der Waals surface area (Å²) in [5.74, 6) is 1.79. The summed E-state index contributed by atoms with van der Waals surface area (Å²) in [6.45, 7) is 4.69. The summed E-state index contributed by atoms with van der Waals surface area (Å²) in [4.78, 5) is 4.20. The maximum atomic E-state index is 9.69. The van der Waals surface area contributed by atoms with E-state index in [9.17, 15) is 5.11 Å². The lowest BCUT2D eigenvalue weighted by Crippen LogP contribution is -2.21. The fourth-order valence-electron chi connectivity index (χ4n) is 1.48. The summed E-state index contributed by atoms with van der Waals surface area (Å²) >= 11 is 0. The molecule has 2 N–H and O–H groups in total. The Bertz CT molecular complexity index is 316. The first-order valence-electron chi connectivity index (χ1n) is 5.54. The molecule has 0 radical (unpaired) electrons. The minimum absolute atomic E-state index is 0.340. The van der Waals surface area contributed by atoms with E-state index in [1.807, 2.05) is 12.1 Å². The number of aromatic nitrogens is 1. The van der Waals surface area contributed by atoms with Crippen LogP contribution in [0.4, 0.5) is 5.82 Å². The van der Waals surface area contributed by atoms with Crippen LogP contribution in [0.15, 0.2) is 18.2 Å². The lowest BCUT2D eigenvalue weighted by molar-refractivity contribution is 0.161. The molecule has 16 heavy (non-hydrogen) atoms. The predicted octanol–water partition coefficient (Wildman–Crippen LogP) is 1.91. The number of aliphatic hydroxyl groups is 1. The molecule has 0 saturated heterocycles. The highest BCUT2D eigenvalue weighted by Crippen LogP contribution is 2.11. The Balaban J connectivity index is 2.41. The number of rotatable bonds is 6. The van der Waals surface area contributed by atoms with Crippen molar-refractivity contribution in [3.63, 3.8) is 0 Å². The highest BCUT2D eigenvalue weighted by Gasteiger charge is 2.06. The summed E-state index contributed by atoms with van der Waals surface area (Å²) in [6, 6.07) is 5.50. The Morgan fingerprint density at radius 1 is 1.44 bits per heavy atom. The van der Waals surface area contributed by atoms with Crippen LogP contribution in [0.3, 0.4) is 0 Å². The van der Waals surface area contributed by atoms with E-state index in [0.29, 0.717) is 18.3 Å². The molecule has 1 aromatic rings. The third-order valence-electron chi connectivity index (χ3n) is 2.19. The van der Waals surface area contributed by atoms with Gasteiger partial charge in [0, 0.05) is 12.6 Å². The molecule has 1 heterocycles. The van der Waals surface area contributed by atoms with E-state index in [1.165, 1.54) is 0 Å². The van der Waals surface area contributed by atoms with E-state index in [-0.39, 0.29) is 6.10 Å². The highest BCUT2D eigenvalue weighted by molar-refractivity contribution is 5.37. The number of nitrogens with one attached hydrogen (secondary N) is 1. The van der Waals surface area contributed by atoms with Gasteiger partial charge >= 0.3 is 0 Å². The van der Waals surface area contributed by atoms with Gasteiger partial charge in [0.05, 0.1) is 13.2 Å². The first-order valence-corrected chi connectivity index (χ1v) is 5.54. The van der Waals surface area contributed by atoms with Crippen LogP contribution in [-0.2, 0) is 0 Å². The van der Waals surface area contributed by atoms with E-state index in [1.54, 1.807) is 13.2 Å². The quantitative estimate of drug-likeness (QED) is 0.775. The van der Waals surface area contributed by atoms with Crippen molar-refractivity contribution in [2.75, 3.05) is 19.0 Å². The third-order valence-corrected chi connectivity index (χ3v) is 2.19. The lowest BCUT2D eigenvalue weighted by atomic mass is 10.1. The molecule has 4 heteroatoms. The minimum atomic E-state index is -0.340. The van der Waals surface area contributed by atoms with Crippen molar-refractivity contribution in [1.29, 1.82) is 0 Å². The Hall–Kier alpha value is -1.29. The van der Waals surface area contributed by atoms with Crippen molar-refractivity contribution in [3.05, 3.63) is 18.2 Å². The van der Waals surface area contributed by atoms with Gasteiger partial charge in [-0.05, 0) is 18.4 Å². The monoisotopic (exact) mass is 224 g/mol. The molecule has 0 spiro atoms. The smallest absolute Gasteiger partial charge is 0.214 e. The Morgan fingerprint density at radius 2 is 2.19 bits per heavy atom. The number of nitrogens with zero attached hydrogens (tertiary/aromatic N) is 1. The fraction of sp³-hybridized carbons (Fsp3) is 0.583. The summed E-state index contributed by atoms with van der Waals surface area (Å²) in [5, 5.41) is 12.8. The molecule has 1 rings (SSSR count). The van der Waals surface area contributed by atoms with Crippen LogP contribution in [0.2, 0.25) is 0 Å². The highest BCUT2D eigenvalue weighted by atomic mass is 16.5. The van der Waals surface area contributed by atoms with Crippen LogP contribution >= 0.6 is 0 Å². The van der Waals surface area contributed by atoms with Crippen LogP contribution in [0.25, 0.3) is 0 Å². The maximum absolute atomic E-state index is 9.69. The van der Waals surface area contributed by atoms with Gasteiger partial charge in [0.25, 0.3) is 0 Å². The lowest BCUT2D eigenvalue weighted by Gasteiger charge is -2.14. The number of hydrogen-bond donors (Lipinski definition) is 2. The van der Waals surface area contributed by atoms with Gasteiger partial charge in [-0.3, -0.25) is 0 Å². The largest absolute Gasteiger partial charge is 0.481 e. The normalized spacial score (nSPS) is 12.6. The third kappa shape index (κ3) is 4.49. The molecule has 90 valence electrons. The second kappa shape index (κ2) is 6.33. The van der Waals surface area contributed by atoms with Crippen molar-refractivity contribution in [1.82, 2.24) is 4.98 Å². The molecule has 1 unspecified atom stereocenters. The molecule has 1 aromatic heterocycles. The number of aliphatic hydroxyl groups excluding tert-OH is 1. The zero-order chi connectivity index (χ0) is 12.0. The summed E-state index contributed by atoms with van der Waals surface area (Å²) < 4.78 is 5.01. The van der Waals surface area contributed by atoms with Crippen molar-refractivity contribution in [3.8, 4) is 5.88 Å². The zero-order valence-electron chi connectivity index (χ0n) is 10.1. The SMILES string of the molecule is COc1cccc(NCC(O)CC(C)C)n1. The molecule has 0 aromatic carbocycles. The number of ether oxygens (including phenoxy) is 1. The molecule has 0 aliphatic heterocycles. The van der Waals surface area contributed by atoms with Gasteiger partial charge < -0.3 is 15.2 Å². The number of hydrogen-bond acceptors (Lipinski definition) is 4. The van der Waals surface area contributed by atoms with Crippen molar-refractivity contribution >= 4 is 5.82 Å². The molecular formula is C12H20N2O2. The van der Waals surface area contributed by atoms with Crippen molar-refractivity contribution in [2.24, 2.45) is 5.92 Å². The van der Waals surface area contributed by atoms with Crippen molar-refractivity contribution in [2.45, 2.75) is 26.4 Å². The van der Waals surface area contributed by atoms with E-state index in [2.05, 4.69) is 24.1 Å². The Labute approximate surface area is 96.7 Å². The second-order valence-electron chi connectivity index (χ2n) is 4.23. The summed E-state index contributed by atoms with van der Waals surface area (Å²) in [7, 11) is 1.58. The fourth-order valence-corrected chi connectivity index (χ4v) is 1.48. The average Bonchev–Trinajstić information content (AvgIpc) is 2.26. The van der Waals surface area contributed by atoms with Gasteiger partial charge in [-0.2, -0.15) is 4.98 Å². The topological polar surface area (TPSA) is 54.4 Å². The van der Waals surface area contributed by atoms with Crippen LogP contribution in [-0.4, -0.2) is 29.8 Å². The standard InChI is InChI=1S/C12H20N2O2/c1-9(2)7-10(15)8-13-11-5-4-6-12(14-11)16-3/h4-6,9-10,15H,7-8H2,1-3H3,(H,13,14). The van der Waals surface area contributed by atoms with Crippen molar-refractivity contribution < 1.29 is 9.84 Å². The van der Waals surface area contributed by atoms with Gasteiger partial charge in [-0.15, -0.1) is 0 Å². The van der Waals surface area contributed by atoms with E-state index < -0.39 is 0 Å². The van der Waals surface area contributed by atoms with E-state index in [0.717, 1.165) is 12.2 Å². The summed E-state index contributed by atoms with van der Waals surface area (Å²) in [5.41, 5.74) is 0. The summed E-state index contributed by atoms with van der Waals surface area (Å²) in [6.07, 6.45) is 0.449. The number of anilines is 1. The molecule has 1 atom stereocenters. The number of methoxy groups -OCH3 is 1. The molecule has 0 aliphatic rings. The molecule has 0 aliphatic carbocycles. The first kappa shape index (κ1) is 12.8. The Morgan fingerprint density at radius 3 is 2.81 bits per heavy atom. The molecule has 0 fully saturated rings. The van der Waals surface area contributed by atoms with Crippen LogP contribution in [0.5, 0.6) is 5.88 Å². The van der Waals surface area contributed by atoms with E-state index in [4.69, 9.17) is 4.74 Å². The molecule has 0 saturated carbocycles. The van der Waals surface area contributed by atoms with Gasteiger partial charge in [-0.25, -0.2) is 0 Å². The average molecular weight is 224 g/mol. The maximum Gasteiger partial charge on any atom is 0.214 e. The predicted molar refractivity (Wildman–Crippen MR) is 64.7 cm³/mol. The minimum Gasteiger partial charge on any atom is -0.481 e. The molecule has 0 bridgehead atoms. The van der Waals surface area contributed by atoms with Crippen LogP contribution in [0.1, 0.15) is 20.3 Å². The van der Waals surface area contributed by atoms with Gasteiger partial charge in [0.2, 0.25) is 5.88 Å². The Kier molecular flexibility index (Phi) is 5.05. The van der Waals surface area contributed by atoms with Gasteiger partial charge in [-0.1, -0.05) is 19.9 Å². The zero-order valence-corrected chi connectivity index (χ0v) is 10.1. The number of pyridine rings is 1. The van der Waals surface area contributed by atoms with Crippen LogP contribution < -0.4 is 10.1 Å². The molecular weight excluding hydrogens is 204 g/mol. The van der Waals surface area contributed by atoms with E-state index >= 15 is 0 Å². The van der Waals surface area contributed by atoms with Crippen LogP contribution in [0, 0.1) is 5.92 Å².